The van der Waals surface area contributed by atoms with Crippen LogP contribution in [0.4, 0.5) is 4.39 Å². The summed E-state index contributed by atoms with van der Waals surface area (Å²) in [6.45, 7) is 5.65. The molecule has 3 aromatic rings. The van der Waals surface area contributed by atoms with E-state index >= 15 is 0 Å². The standard InChI is InChI=1S/C21H23FN2O3S/c1-21(2,3)23-20(25)13-24-12-19(17-9-4-5-10-18(17)24)28(26,27)14-15-7-6-8-16(22)11-15/h4-12H,13-14H2,1-3H3,(H,23,25). The molecule has 2 aromatic carbocycles. The molecule has 3 rings (SSSR count). The Morgan fingerprint density at radius 3 is 2.50 bits per heavy atom. The number of fused-ring (bicyclic) bond motifs is 1. The SMILES string of the molecule is CC(C)(C)NC(=O)Cn1cc(S(=O)(=O)Cc2cccc(F)c2)c2ccccc21. The number of carbonyl (C=O) groups excluding carboxylic acids is 1. The highest BCUT2D eigenvalue weighted by atomic mass is 32.2. The highest BCUT2D eigenvalue weighted by Crippen LogP contribution is 2.28. The molecule has 0 aliphatic carbocycles. The van der Waals surface area contributed by atoms with E-state index in [4.69, 9.17) is 0 Å². The minimum absolute atomic E-state index is 0.00721. The molecule has 148 valence electrons. The Bertz CT molecular complexity index is 1130. The monoisotopic (exact) mass is 402 g/mol. The summed E-state index contributed by atoms with van der Waals surface area (Å²) in [7, 11) is -3.73. The van der Waals surface area contributed by atoms with E-state index in [1.54, 1.807) is 34.9 Å². The second-order valence-electron chi connectivity index (χ2n) is 7.83. The first-order valence-electron chi connectivity index (χ1n) is 8.91. The molecule has 0 fully saturated rings. The molecule has 0 aliphatic rings. The van der Waals surface area contributed by atoms with Crippen LogP contribution in [0, 0.1) is 5.82 Å². The summed E-state index contributed by atoms with van der Waals surface area (Å²) in [5.41, 5.74) is 0.651. The summed E-state index contributed by atoms with van der Waals surface area (Å²) >= 11 is 0. The molecule has 1 aromatic heterocycles. The van der Waals surface area contributed by atoms with Gasteiger partial charge in [0.15, 0.2) is 9.84 Å². The van der Waals surface area contributed by atoms with E-state index in [0.717, 1.165) is 0 Å². The summed E-state index contributed by atoms with van der Waals surface area (Å²) in [6.07, 6.45) is 1.49. The van der Waals surface area contributed by atoms with Crippen LogP contribution in [0.2, 0.25) is 0 Å². The number of halogens is 1. The molecule has 0 spiro atoms. The fourth-order valence-electron chi connectivity index (χ4n) is 3.13. The third-order valence-electron chi connectivity index (χ3n) is 4.16. The molecule has 7 heteroatoms. The Hall–Kier alpha value is -2.67. The molecule has 0 atom stereocenters. The molecule has 28 heavy (non-hydrogen) atoms. The molecule has 0 saturated carbocycles. The number of aromatic nitrogens is 1. The van der Waals surface area contributed by atoms with E-state index in [9.17, 15) is 17.6 Å². The quantitative estimate of drug-likeness (QED) is 0.708. The van der Waals surface area contributed by atoms with Crippen molar-refractivity contribution in [1.29, 1.82) is 0 Å². The highest BCUT2D eigenvalue weighted by molar-refractivity contribution is 7.90. The number of benzene rings is 2. The maximum absolute atomic E-state index is 13.4. The van der Waals surface area contributed by atoms with Crippen LogP contribution in [0.15, 0.2) is 59.6 Å². The van der Waals surface area contributed by atoms with E-state index in [0.29, 0.717) is 16.5 Å². The van der Waals surface area contributed by atoms with Crippen LogP contribution < -0.4 is 5.32 Å². The van der Waals surface area contributed by atoms with Gasteiger partial charge in [0, 0.05) is 22.6 Å². The number of sulfone groups is 1. The number of amides is 1. The lowest BCUT2D eigenvalue weighted by Gasteiger charge is -2.20. The predicted octanol–water partition coefficient (Wildman–Crippen LogP) is 3.67. The molecule has 0 unspecified atom stereocenters. The first-order chi connectivity index (χ1) is 13.0. The fraction of sp³-hybridized carbons (Fsp3) is 0.286. The largest absolute Gasteiger partial charge is 0.350 e. The van der Waals surface area contributed by atoms with Crippen LogP contribution in [0.1, 0.15) is 26.3 Å². The van der Waals surface area contributed by atoms with Crippen LogP contribution in [0.3, 0.4) is 0 Å². The van der Waals surface area contributed by atoms with E-state index in [1.165, 1.54) is 24.4 Å². The molecule has 0 bridgehead atoms. The average Bonchev–Trinajstić information content (AvgIpc) is 2.92. The van der Waals surface area contributed by atoms with Gasteiger partial charge in [0.1, 0.15) is 12.4 Å². The lowest BCUT2D eigenvalue weighted by Crippen LogP contribution is -2.42. The van der Waals surface area contributed by atoms with Gasteiger partial charge in [-0.05, 0) is 44.5 Å². The molecule has 1 heterocycles. The van der Waals surface area contributed by atoms with E-state index < -0.39 is 15.7 Å². The Balaban J connectivity index is 1.99. The normalized spacial score (nSPS) is 12.3. The Labute approximate surface area is 164 Å². The van der Waals surface area contributed by atoms with Crippen molar-refractivity contribution >= 4 is 26.6 Å². The summed E-state index contributed by atoms with van der Waals surface area (Å²) in [6, 6.07) is 12.6. The van der Waals surface area contributed by atoms with Gasteiger partial charge in [-0.15, -0.1) is 0 Å². The summed E-state index contributed by atoms with van der Waals surface area (Å²) in [4.78, 5) is 12.5. The van der Waals surface area contributed by atoms with Crippen molar-refractivity contribution in [3.05, 3.63) is 66.1 Å². The number of hydrogen-bond acceptors (Lipinski definition) is 3. The minimum atomic E-state index is -3.73. The summed E-state index contributed by atoms with van der Waals surface area (Å²) < 4.78 is 41.1. The van der Waals surface area contributed by atoms with Crippen LogP contribution in [-0.2, 0) is 26.9 Å². The van der Waals surface area contributed by atoms with Crippen LogP contribution >= 0.6 is 0 Å². The van der Waals surface area contributed by atoms with Gasteiger partial charge in [-0.3, -0.25) is 4.79 Å². The van der Waals surface area contributed by atoms with Crippen LogP contribution in [-0.4, -0.2) is 24.4 Å². The first kappa shape index (κ1) is 20.1. The number of carbonyl (C=O) groups is 1. The second-order valence-corrected chi connectivity index (χ2v) is 9.78. The van der Waals surface area contributed by atoms with Gasteiger partial charge in [0.2, 0.25) is 5.91 Å². The molecule has 0 aliphatic heterocycles. The Morgan fingerprint density at radius 2 is 1.82 bits per heavy atom. The number of hydrogen-bond donors (Lipinski definition) is 1. The topological polar surface area (TPSA) is 68.2 Å². The summed E-state index contributed by atoms with van der Waals surface area (Å²) in [5, 5.41) is 3.42. The lowest BCUT2D eigenvalue weighted by atomic mass is 10.1. The van der Waals surface area contributed by atoms with Crippen molar-refractivity contribution in [3.8, 4) is 0 Å². The van der Waals surface area contributed by atoms with Gasteiger partial charge >= 0.3 is 0 Å². The number of rotatable bonds is 5. The molecule has 1 amide bonds. The first-order valence-corrected chi connectivity index (χ1v) is 10.6. The van der Waals surface area contributed by atoms with E-state index in [1.807, 2.05) is 20.8 Å². The molecule has 1 N–H and O–H groups in total. The molecule has 0 radical (unpaired) electrons. The number of para-hydroxylation sites is 1. The van der Waals surface area contributed by atoms with Crippen molar-refractivity contribution in [2.45, 2.75) is 43.5 Å². The highest BCUT2D eigenvalue weighted by Gasteiger charge is 2.23. The number of nitrogens with one attached hydrogen (secondary N) is 1. The average molecular weight is 402 g/mol. The van der Waals surface area contributed by atoms with Gasteiger partial charge < -0.3 is 9.88 Å². The third kappa shape index (κ3) is 4.59. The van der Waals surface area contributed by atoms with Gasteiger partial charge in [-0.25, -0.2) is 12.8 Å². The second kappa shape index (κ2) is 7.39. The molecule has 0 saturated heterocycles. The number of nitrogens with zero attached hydrogens (tertiary/aromatic N) is 1. The van der Waals surface area contributed by atoms with Gasteiger partial charge in [-0.2, -0.15) is 0 Å². The maximum Gasteiger partial charge on any atom is 0.240 e. The smallest absolute Gasteiger partial charge is 0.240 e. The predicted molar refractivity (Wildman–Crippen MR) is 107 cm³/mol. The molecular formula is C21H23FN2O3S. The minimum Gasteiger partial charge on any atom is -0.350 e. The Kier molecular flexibility index (Phi) is 5.30. The fourth-order valence-corrected chi connectivity index (χ4v) is 4.70. The lowest BCUT2D eigenvalue weighted by molar-refractivity contribution is -0.123. The van der Waals surface area contributed by atoms with E-state index in [2.05, 4.69) is 5.32 Å². The summed E-state index contributed by atoms with van der Waals surface area (Å²) in [5.74, 6) is -0.997. The van der Waals surface area contributed by atoms with Crippen molar-refractivity contribution in [1.82, 2.24) is 9.88 Å². The van der Waals surface area contributed by atoms with Gasteiger partial charge in [0.05, 0.1) is 10.6 Å². The maximum atomic E-state index is 13.4. The van der Waals surface area contributed by atoms with Crippen LogP contribution in [0.25, 0.3) is 10.9 Å². The van der Waals surface area contributed by atoms with Crippen molar-refractivity contribution in [2.75, 3.05) is 0 Å². The van der Waals surface area contributed by atoms with Crippen molar-refractivity contribution < 1.29 is 17.6 Å². The van der Waals surface area contributed by atoms with Gasteiger partial charge in [0.25, 0.3) is 0 Å². The van der Waals surface area contributed by atoms with Gasteiger partial charge in [-0.1, -0.05) is 30.3 Å². The zero-order valence-corrected chi connectivity index (χ0v) is 16.9. The van der Waals surface area contributed by atoms with Crippen molar-refractivity contribution in [3.63, 3.8) is 0 Å². The Morgan fingerprint density at radius 1 is 1.11 bits per heavy atom. The molecular weight excluding hydrogens is 379 g/mol. The third-order valence-corrected chi connectivity index (χ3v) is 5.87. The van der Waals surface area contributed by atoms with Crippen molar-refractivity contribution in [2.24, 2.45) is 0 Å². The zero-order chi connectivity index (χ0) is 20.5. The van der Waals surface area contributed by atoms with E-state index in [-0.39, 0.29) is 28.6 Å². The van der Waals surface area contributed by atoms with Crippen LogP contribution in [0.5, 0.6) is 0 Å². The molecule has 5 nitrogen and oxygen atoms in total. The zero-order valence-electron chi connectivity index (χ0n) is 16.1.